The molecule has 0 aliphatic heterocycles. The molecular weight excluding hydrogens is 434 g/mol. The molecule has 1 aliphatic carbocycles. The number of nitrogens with one attached hydrogen (secondary N) is 1. The zero-order valence-corrected chi connectivity index (χ0v) is 18.7. The monoisotopic (exact) mass is 463 g/mol. The average Bonchev–Trinajstić information content (AvgIpc) is 3.26. The lowest BCUT2D eigenvalue weighted by Gasteiger charge is -2.25. The molecule has 2 aromatic carbocycles. The Hall–Kier alpha value is -2.66. The number of amides is 1. The van der Waals surface area contributed by atoms with Crippen molar-refractivity contribution in [2.45, 2.75) is 62.2 Å². The van der Waals surface area contributed by atoms with Crippen LogP contribution in [0.1, 0.15) is 38.2 Å². The van der Waals surface area contributed by atoms with Crippen molar-refractivity contribution in [3.63, 3.8) is 0 Å². The minimum Gasteiger partial charge on any atom is -0.399 e. The SMILES string of the molecule is CC(O)C(Cc1ccccc1)NC(=O)ON(OC1CCCC1)S(=O)(=O)c1cccc(N)c1. The van der Waals surface area contributed by atoms with Gasteiger partial charge in [0.2, 0.25) is 0 Å². The number of nitrogens with zero attached hydrogens (tertiary/aromatic N) is 1. The standard InChI is InChI=1S/C22H29N3O6S/c1-16(26)21(14-17-8-3-2-4-9-17)24-22(27)31-25(30-19-11-5-6-12-19)32(28,29)20-13-7-10-18(23)15-20/h2-4,7-10,13,15-16,19,21,26H,5-6,11-12,14,23H2,1H3,(H,24,27). The lowest BCUT2D eigenvalue weighted by molar-refractivity contribution is -0.287. The third-order valence-corrected chi connectivity index (χ3v) is 6.63. The summed E-state index contributed by atoms with van der Waals surface area (Å²) in [6, 6.07) is 14.2. The van der Waals surface area contributed by atoms with E-state index in [2.05, 4.69) is 5.32 Å². The first-order chi connectivity index (χ1) is 15.3. The maximum absolute atomic E-state index is 13.1. The zero-order valence-electron chi connectivity index (χ0n) is 17.9. The molecule has 174 valence electrons. The van der Waals surface area contributed by atoms with E-state index in [0.29, 0.717) is 19.3 Å². The Morgan fingerprint density at radius 1 is 1.19 bits per heavy atom. The third-order valence-electron chi connectivity index (χ3n) is 5.23. The molecular formula is C22H29N3O6S. The largest absolute Gasteiger partial charge is 0.429 e. The van der Waals surface area contributed by atoms with Crippen LogP contribution in [-0.2, 0) is 26.1 Å². The van der Waals surface area contributed by atoms with Gasteiger partial charge in [0.05, 0.1) is 23.1 Å². The average molecular weight is 464 g/mol. The lowest BCUT2D eigenvalue weighted by Crippen LogP contribution is -2.47. The van der Waals surface area contributed by atoms with Crippen LogP contribution in [0.15, 0.2) is 59.5 Å². The van der Waals surface area contributed by atoms with Gasteiger partial charge in [-0.15, -0.1) is 0 Å². The number of sulfonamides is 1. The van der Waals surface area contributed by atoms with Crippen molar-refractivity contribution in [3.05, 3.63) is 60.2 Å². The van der Waals surface area contributed by atoms with Crippen LogP contribution in [0.4, 0.5) is 10.5 Å². The van der Waals surface area contributed by atoms with Gasteiger partial charge in [-0.3, -0.25) is 0 Å². The lowest BCUT2D eigenvalue weighted by atomic mass is 10.0. The van der Waals surface area contributed by atoms with E-state index in [4.69, 9.17) is 15.4 Å². The van der Waals surface area contributed by atoms with Gasteiger partial charge in [0, 0.05) is 5.69 Å². The van der Waals surface area contributed by atoms with Gasteiger partial charge in [-0.25, -0.2) is 18.0 Å². The van der Waals surface area contributed by atoms with Crippen LogP contribution in [0.2, 0.25) is 0 Å². The van der Waals surface area contributed by atoms with Gasteiger partial charge in [-0.1, -0.05) is 49.2 Å². The number of hydrogen-bond acceptors (Lipinski definition) is 7. The van der Waals surface area contributed by atoms with E-state index in [-0.39, 0.29) is 15.2 Å². The van der Waals surface area contributed by atoms with Gasteiger partial charge in [0.15, 0.2) is 0 Å². The van der Waals surface area contributed by atoms with E-state index in [9.17, 15) is 18.3 Å². The third kappa shape index (κ3) is 6.42. The summed E-state index contributed by atoms with van der Waals surface area (Å²) in [6.45, 7) is 1.53. The second-order valence-corrected chi connectivity index (χ2v) is 9.56. The van der Waals surface area contributed by atoms with Gasteiger partial charge in [-0.2, -0.15) is 0 Å². The fraction of sp³-hybridized carbons (Fsp3) is 0.409. The molecule has 1 saturated carbocycles. The van der Waals surface area contributed by atoms with Crippen molar-refractivity contribution < 1.29 is 28.0 Å². The molecule has 32 heavy (non-hydrogen) atoms. The van der Waals surface area contributed by atoms with E-state index in [1.54, 1.807) is 6.07 Å². The van der Waals surface area contributed by atoms with Crippen molar-refractivity contribution >= 4 is 21.8 Å². The molecule has 4 N–H and O–H groups in total. The number of aliphatic hydroxyl groups excluding tert-OH is 1. The molecule has 1 aliphatic rings. The normalized spacial score (nSPS) is 16.6. The van der Waals surface area contributed by atoms with Gasteiger partial charge in [-0.05, 0) is 49.9 Å². The predicted octanol–water partition coefficient (Wildman–Crippen LogP) is 2.77. The molecule has 2 atom stereocenters. The Morgan fingerprint density at radius 3 is 2.50 bits per heavy atom. The number of anilines is 1. The first-order valence-electron chi connectivity index (χ1n) is 10.5. The van der Waals surface area contributed by atoms with E-state index in [1.165, 1.54) is 25.1 Å². The summed E-state index contributed by atoms with van der Waals surface area (Å²) in [6.07, 6.45) is 1.06. The summed E-state index contributed by atoms with van der Waals surface area (Å²) in [4.78, 5) is 23.1. The minimum absolute atomic E-state index is 0.167. The first kappa shape index (κ1) is 24.0. The molecule has 0 aromatic heterocycles. The number of carbonyl (C=O) groups excluding carboxylic acids is 1. The number of carbonyl (C=O) groups is 1. The van der Waals surface area contributed by atoms with E-state index in [0.717, 1.165) is 18.4 Å². The summed E-state index contributed by atoms with van der Waals surface area (Å²) < 4.78 is 26.5. The topological polar surface area (TPSA) is 131 Å². The molecule has 0 spiro atoms. The fourth-order valence-corrected chi connectivity index (χ4v) is 4.57. The van der Waals surface area contributed by atoms with Crippen molar-refractivity contribution in [2.24, 2.45) is 0 Å². The molecule has 9 nitrogen and oxygen atoms in total. The van der Waals surface area contributed by atoms with Gasteiger partial charge in [0.1, 0.15) is 4.63 Å². The summed E-state index contributed by atoms with van der Waals surface area (Å²) in [5.41, 5.74) is 6.86. The molecule has 2 aromatic rings. The number of aliphatic hydroxyl groups is 1. The van der Waals surface area contributed by atoms with Gasteiger partial charge < -0.3 is 21.0 Å². The quantitative estimate of drug-likeness (QED) is 0.385. The van der Waals surface area contributed by atoms with E-state index in [1.807, 2.05) is 30.3 Å². The predicted molar refractivity (Wildman–Crippen MR) is 118 cm³/mol. The Balaban J connectivity index is 1.76. The van der Waals surface area contributed by atoms with Crippen LogP contribution in [0, 0.1) is 0 Å². The summed E-state index contributed by atoms with van der Waals surface area (Å²) in [5.74, 6) is 0. The molecule has 2 unspecified atom stereocenters. The van der Waals surface area contributed by atoms with Crippen molar-refractivity contribution in [1.29, 1.82) is 0 Å². The Bertz CT molecular complexity index is 994. The maximum atomic E-state index is 13.1. The van der Waals surface area contributed by atoms with Crippen LogP contribution in [0.25, 0.3) is 0 Å². The van der Waals surface area contributed by atoms with Crippen LogP contribution in [0.3, 0.4) is 0 Å². The molecule has 3 rings (SSSR count). The Morgan fingerprint density at radius 2 is 1.88 bits per heavy atom. The summed E-state index contributed by atoms with van der Waals surface area (Å²) in [5, 5.41) is 12.6. The smallest absolute Gasteiger partial charge is 0.399 e. The molecule has 10 heteroatoms. The molecule has 0 saturated heterocycles. The summed E-state index contributed by atoms with van der Waals surface area (Å²) >= 11 is 0. The highest BCUT2D eigenvalue weighted by Crippen LogP contribution is 2.26. The van der Waals surface area contributed by atoms with Crippen molar-refractivity contribution in [1.82, 2.24) is 9.95 Å². The number of rotatable bonds is 9. The van der Waals surface area contributed by atoms with E-state index < -0.39 is 34.4 Å². The van der Waals surface area contributed by atoms with Crippen LogP contribution >= 0.6 is 0 Å². The molecule has 0 bridgehead atoms. The highest BCUT2D eigenvalue weighted by molar-refractivity contribution is 7.88. The number of nitrogens with two attached hydrogens (primary N) is 1. The van der Waals surface area contributed by atoms with Crippen LogP contribution in [-0.4, -0.2) is 42.5 Å². The van der Waals surface area contributed by atoms with Crippen molar-refractivity contribution in [2.75, 3.05) is 5.73 Å². The van der Waals surface area contributed by atoms with Crippen molar-refractivity contribution in [3.8, 4) is 0 Å². The van der Waals surface area contributed by atoms with Gasteiger partial charge in [0.25, 0.3) is 10.0 Å². The first-order valence-corrected chi connectivity index (χ1v) is 12.0. The Kier molecular flexibility index (Phi) is 8.08. The maximum Gasteiger partial charge on any atom is 0.429 e. The number of benzene rings is 2. The Labute approximate surface area is 188 Å². The zero-order chi connectivity index (χ0) is 23.1. The van der Waals surface area contributed by atoms with Crippen LogP contribution < -0.4 is 11.1 Å². The molecule has 1 fully saturated rings. The summed E-state index contributed by atoms with van der Waals surface area (Å²) in [7, 11) is -4.34. The highest BCUT2D eigenvalue weighted by atomic mass is 32.2. The minimum atomic E-state index is -4.34. The molecule has 0 heterocycles. The van der Waals surface area contributed by atoms with Gasteiger partial charge >= 0.3 is 6.09 Å². The van der Waals surface area contributed by atoms with E-state index >= 15 is 0 Å². The molecule has 1 amide bonds. The fourth-order valence-electron chi connectivity index (χ4n) is 3.46. The second kappa shape index (κ2) is 10.8. The number of nitrogen functional groups attached to an aromatic ring is 1. The number of hydrogen-bond donors (Lipinski definition) is 3. The molecule has 0 radical (unpaired) electrons. The highest BCUT2D eigenvalue weighted by Gasteiger charge is 2.34. The second-order valence-electron chi connectivity index (χ2n) is 7.84. The van der Waals surface area contributed by atoms with Crippen LogP contribution in [0.5, 0.6) is 0 Å².